The van der Waals surface area contributed by atoms with Crippen molar-refractivity contribution in [3.05, 3.63) is 47.8 Å². The second kappa shape index (κ2) is 8.04. The lowest BCUT2D eigenvalue weighted by atomic mass is 10.1. The molecule has 120 valence electrons. The van der Waals surface area contributed by atoms with E-state index in [1.165, 1.54) is 0 Å². The Morgan fingerprint density at radius 3 is 2.83 bits per heavy atom. The van der Waals surface area contributed by atoms with Gasteiger partial charge in [-0.05, 0) is 25.5 Å². The molecule has 0 saturated heterocycles. The van der Waals surface area contributed by atoms with E-state index in [1.807, 2.05) is 32.0 Å². The van der Waals surface area contributed by atoms with Crippen LogP contribution in [0, 0.1) is 11.3 Å². The van der Waals surface area contributed by atoms with Gasteiger partial charge in [0.05, 0.1) is 24.0 Å². The van der Waals surface area contributed by atoms with Gasteiger partial charge in [0.2, 0.25) is 0 Å². The highest BCUT2D eigenvalue weighted by molar-refractivity contribution is 5.66. The van der Waals surface area contributed by atoms with Crippen molar-refractivity contribution in [2.75, 3.05) is 12.3 Å². The summed E-state index contributed by atoms with van der Waals surface area (Å²) in [5.41, 5.74) is 7.63. The molecule has 5 nitrogen and oxygen atoms in total. The zero-order chi connectivity index (χ0) is 16.7. The van der Waals surface area contributed by atoms with Crippen LogP contribution in [0.25, 0.3) is 0 Å². The molecular formula is C18H21N3O2. The molecule has 0 bridgehead atoms. The summed E-state index contributed by atoms with van der Waals surface area (Å²) in [4.78, 5) is 4.25. The summed E-state index contributed by atoms with van der Waals surface area (Å²) in [5, 5.41) is 9.21. The highest BCUT2D eigenvalue weighted by Crippen LogP contribution is 2.31. The van der Waals surface area contributed by atoms with Crippen LogP contribution in [-0.2, 0) is 6.42 Å². The molecule has 0 amide bonds. The molecule has 2 N–H and O–H groups in total. The largest absolute Gasteiger partial charge is 0.491 e. The average molecular weight is 311 g/mol. The fourth-order valence-corrected chi connectivity index (χ4v) is 2.01. The normalized spacial score (nSPS) is 11.5. The Kier molecular flexibility index (Phi) is 5.81. The maximum absolute atomic E-state index is 9.21. The molecule has 0 aliphatic heterocycles. The van der Waals surface area contributed by atoms with Crippen LogP contribution in [0.1, 0.15) is 31.5 Å². The molecule has 2 rings (SSSR count). The Morgan fingerprint density at radius 1 is 1.35 bits per heavy atom. The summed E-state index contributed by atoms with van der Waals surface area (Å²) in [6.07, 6.45) is 3.35. The Bertz CT molecular complexity index is 681. The molecule has 1 aromatic carbocycles. The minimum Gasteiger partial charge on any atom is -0.491 e. The van der Waals surface area contributed by atoms with E-state index in [1.54, 1.807) is 18.3 Å². The van der Waals surface area contributed by atoms with Gasteiger partial charge in [0.1, 0.15) is 17.6 Å². The number of rotatable bonds is 7. The molecular weight excluding hydrogens is 290 g/mol. The summed E-state index contributed by atoms with van der Waals surface area (Å²) >= 11 is 0. The first kappa shape index (κ1) is 16.6. The maximum atomic E-state index is 9.21. The van der Waals surface area contributed by atoms with Crippen LogP contribution >= 0.6 is 0 Å². The smallest absolute Gasteiger partial charge is 0.147 e. The molecule has 1 atom stereocenters. The lowest BCUT2D eigenvalue weighted by Crippen LogP contribution is -2.11. The predicted molar refractivity (Wildman–Crippen MR) is 89.4 cm³/mol. The topological polar surface area (TPSA) is 81.2 Å². The Labute approximate surface area is 136 Å². The fraction of sp³-hybridized carbons (Fsp3) is 0.333. The lowest BCUT2D eigenvalue weighted by molar-refractivity contribution is 0.216. The number of aromatic nitrogens is 1. The molecule has 1 heterocycles. The van der Waals surface area contributed by atoms with Crippen LogP contribution in [-0.4, -0.2) is 17.7 Å². The fourth-order valence-electron chi connectivity index (χ4n) is 2.01. The molecule has 23 heavy (non-hydrogen) atoms. The number of hydrogen-bond acceptors (Lipinski definition) is 5. The van der Waals surface area contributed by atoms with Gasteiger partial charge in [0.25, 0.3) is 0 Å². The third kappa shape index (κ3) is 4.62. The molecule has 0 spiro atoms. The molecule has 0 aliphatic rings. The van der Waals surface area contributed by atoms with Crippen molar-refractivity contribution >= 4 is 5.69 Å². The molecule has 0 fully saturated rings. The molecule has 2 aromatic rings. The average Bonchev–Trinajstić information content (AvgIpc) is 2.58. The molecule has 0 saturated carbocycles. The number of hydrogen-bond donors (Lipinski definition) is 1. The van der Waals surface area contributed by atoms with Crippen LogP contribution in [0.5, 0.6) is 11.5 Å². The van der Waals surface area contributed by atoms with Gasteiger partial charge in [-0.2, -0.15) is 5.26 Å². The number of nitrogens with two attached hydrogens (primary N) is 1. The Balaban J connectivity index is 2.10. The second-order valence-corrected chi connectivity index (χ2v) is 5.25. The van der Waals surface area contributed by atoms with Crippen LogP contribution in [0.15, 0.2) is 36.5 Å². The monoisotopic (exact) mass is 311 g/mol. The van der Waals surface area contributed by atoms with Crippen molar-refractivity contribution in [1.82, 2.24) is 4.98 Å². The van der Waals surface area contributed by atoms with Crippen molar-refractivity contribution in [3.63, 3.8) is 0 Å². The summed E-state index contributed by atoms with van der Waals surface area (Å²) in [6.45, 7) is 4.44. The van der Waals surface area contributed by atoms with E-state index in [0.717, 1.165) is 12.1 Å². The zero-order valence-corrected chi connectivity index (χ0v) is 13.5. The molecule has 5 heteroatoms. The molecule has 1 unspecified atom stereocenters. The molecule has 1 aromatic heterocycles. The van der Waals surface area contributed by atoms with Crippen molar-refractivity contribution in [1.29, 1.82) is 5.26 Å². The zero-order valence-electron chi connectivity index (χ0n) is 13.5. The van der Waals surface area contributed by atoms with Crippen LogP contribution in [0.4, 0.5) is 5.69 Å². The second-order valence-electron chi connectivity index (χ2n) is 5.25. The summed E-state index contributed by atoms with van der Waals surface area (Å²) in [7, 11) is 0. The van der Waals surface area contributed by atoms with Crippen LogP contribution in [0.2, 0.25) is 0 Å². The van der Waals surface area contributed by atoms with Gasteiger partial charge in [-0.15, -0.1) is 0 Å². The first-order chi connectivity index (χ1) is 11.1. The third-order valence-electron chi connectivity index (χ3n) is 3.49. The van der Waals surface area contributed by atoms with E-state index in [-0.39, 0.29) is 6.10 Å². The number of nitrogens with zero attached hydrogens (tertiary/aromatic N) is 2. The highest BCUT2D eigenvalue weighted by Gasteiger charge is 2.12. The van der Waals surface area contributed by atoms with Crippen molar-refractivity contribution in [2.24, 2.45) is 0 Å². The van der Waals surface area contributed by atoms with Gasteiger partial charge in [0.15, 0.2) is 0 Å². The van der Waals surface area contributed by atoms with Gasteiger partial charge in [-0.3, -0.25) is 4.98 Å². The van der Waals surface area contributed by atoms with Crippen molar-refractivity contribution < 1.29 is 9.47 Å². The number of nitrogen functional groups attached to an aromatic ring is 1. The minimum atomic E-state index is 0.0616. The Morgan fingerprint density at radius 2 is 2.17 bits per heavy atom. The quantitative estimate of drug-likeness (QED) is 0.793. The van der Waals surface area contributed by atoms with Gasteiger partial charge in [-0.1, -0.05) is 13.0 Å². The van der Waals surface area contributed by atoms with Gasteiger partial charge in [-0.25, -0.2) is 0 Å². The predicted octanol–water partition coefficient (Wildman–Crippen LogP) is 3.33. The number of pyridine rings is 1. The van der Waals surface area contributed by atoms with E-state index < -0.39 is 0 Å². The van der Waals surface area contributed by atoms with Gasteiger partial charge >= 0.3 is 0 Å². The van der Waals surface area contributed by atoms with Crippen LogP contribution < -0.4 is 15.2 Å². The van der Waals surface area contributed by atoms with Crippen LogP contribution in [0.3, 0.4) is 0 Å². The van der Waals surface area contributed by atoms with Crippen molar-refractivity contribution in [2.45, 2.75) is 32.8 Å². The summed E-state index contributed by atoms with van der Waals surface area (Å²) < 4.78 is 11.5. The van der Waals surface area contributed by atoms with Gasteiger partial charge < -0.3 is 15.2 Å². The van der Waals surface area contributed by atoms with Crippen molar-refractivity contribution in [3.8, 4) is 17.6 Å². The van der Waals surface area contributed by atoms with E-state index >= 15 is 0 Å². The molecule has 0 radical (unpaired) electrons. The SMILES string of the molecule is CCC(C)Oc1cc(C#N)c(N)c(OCCc2ccccn2)c1. The Hall–Kier alpha value is -2.74. The third-order valence-corrected chi connectivity index (χ3v) is 3.49. The first-order valence-corrected chi connectivity index (χ1v) is 7.67. The van der Waals surface area contributed by atoms with E-state index in [0.29, 0.717) is 35.8 Å². The minimum absolute atomic E-state index is 0.0616. The van der Waals surface area contributed by atoms with E-state index in [4.69, 9.17) is 15.2 Å². The standard InChI is InChI=1S/C18H21N3O2/c1-3-13(2)23-16-10-14(12-19)18(20)17(11-16)22-9-7-15-6-4-5-8-21-15/h4-6,8,10-11,13H,3,7,9,20H2,1-2H3. The number of anilines is 1. The lowest BCUT2D eigenvalue weighted by Gasteiger charge is -2.16. The van der Waals surface area contributed by atoms with Gasteiger partial charge in [0, 0.05) is 30.4 Å². The number of nitriles is 1. The number of benzene rings is 1. The van der Waals surface area contributed by atoms with E-state index in [2.05, 4.69) is 11.1 Å². The first-order valence-electron chi connectivity index (χ1n) is 7.67. The number of ether oxygens (including phenoxy) is 2. The molecule has 0 aliphatic carbocycles. The maximum Gasteiger partial charge on any atom is 0.147 e. The van der Waals surface area contributed by atoms with E-state index in [9.17, 15) is 5.26 Å². The summed E-state index contributed by atoms with van der Waals surface area (Å²) in [5.74, 6) is 1.07. The highest BCUT2D eigenvalue weighted by atomic mass is 16.5. The summed E-state index contributed by atoms with van der Waals surface area (Å²) in [6, 6.07) is 11.2.